The molecule has 0 saturated carbocycles. The molecule has 0 fully saturated rings. The van der Waals surface area contributed by atoms with Gasteiger partial charge in [0.1, 0.15) is 5.75 Å². The lowest BCUT2D eigenvalue weighted by Crippen LogP contribution is -2.42. The summed E-state index contributed by atoms with van der Waals surface area (Å²) in [7, 11) is 3.44. The van der Waals surface area contributed by atoms with Crippen LogP contribution >= 0.6 is 0 Å². The van der Waals surface area contributed by atoms with Crippen molar-refractivity contribution in [3.8, 4) is 11.6 Å². The molecule has 0 atom stereocenters. The van der Waals surface area contributed by atoms with E-state index in [0.29, 0.717) is 0 Å². The Morgan fingerprint density at radius 3 is 2.29 bits per heavy atom. The molecule has 1 aromatic heterocycles. The van der Waals surface area contributed by atoms with Crippen molar-refractivity contribution in [2.75, 3.05) is 27.3 Å². The first-order chi connectivity index (χ1) is 9.92. The van der Waals surface area contributed by atoms with Crippen LogP contribution in [-0.4, -0.2) is 42.7 Å². The minimum absolute atomic E-state index is 0.187. The highest BCUT2D eigenvalue weighted by Gasteiger charge is 2.27. The van der Waals surface area contributed by atoms with Crippen molar-refractivity contribution in [2.24, 2.45) is 0 Å². The molecule has 0 radical (unpaired) electrons. The predicted octanol–water partition coefficient (Wildman–Crippen LogP) is 2.86. The Kier molecular flexibility index (Phi) is 4.77. The van der Waals surface area contributed by atoms with Crippen molar-refractivity contribution in [2.45, 2.75) is 52.5 Å². The van der Waals surface area contributed by atoms with Gasteiger partial charge in [-0.05, 0) is 33.6 Å². The van der Waals surface area contributed by atoms with Crippen molar-refractivity contribution < 1.29 is 9.47 Å². The van der Waals surface area contributed by atoms with E-state index in [1.165, 1.54) is 5.56 Å². The fourth-order valence-corrected chi connectivity index (χ4v) is 3.13. The molecule has 0 bridgehead atoms. The van der Waals surface area contributed by atoms with E-state index in [1.54, 1.807) is 14.2 Å². The summed E-state index contributed by atoms with van der Waals surface area (Å²) in [5, 5.41) is 0. The third-order valence-corrected chi connectivity index (χ3v) is 4.34. The van der Waals surface area contributed by atoms with Crippen molar-refractivity contribution in [3.63, 3.8) is 0 Å². The summed E-state index contributed by atoms with van der Waals surface area (Å²) in [5.41, 5.74) is 3.67. The summed E-state index contributed by atoms with van der Waals surface area (Å²) in [4.78, 5) is 7.28. The van der Waals surface area contributed by atoms with E-state index >= 15 is 0 Å². The molecule has 2 heterocycles. The van der Waals surface area contributed by atoms with Gasteiger partial charge in [0.15, 0.2) is 0 Å². The SMILES string of the molecule is CCc1c(OC)nc2c(c1OC)CCN(C(C)(C)C)CC2. The van der Waals surface area contributed by atoms with Crippen molar-refractivity contribution in [1.29, 1.82) is 0 Å². The van der Waals surface area contributed by atoms with Crippen molar-refractivity contribution in [3.05, 3.63) is 16.8 Å². The first-order valence-electron chi connectivity index (χ1n) is 7.80. The summed E-state index contributed by atoms with van der Waals surface area (Å²) >= 11 is 0. The molecule has 4 nitrogen and oxygen atoms in total. The Morgan fingerprint density at radius 2 is 1.76 bits per heavy atom. The molecule has 0 aromatic carbocycles. The van der Waals surface area contributed by atoms with Gasteiger partial charge in [0.2, 0.25) is 5.88 Å². The van der Waals surface area contributed by atoms with Gasteiger partial charge in [0.05, 0.1) is 25.5 Å². The number of hydrogen-bond acceptors (Lipinski definition) is 4. The Balaban J connectivity index is 2.44. The Hall–Kier alpha value is -1.29. The van der Waals surface area contributed by atoms with Crippen LogP contribution in [0.2, 0.25) is 0 Å². The summed E-state index contributed by atoms with van der Waals surface area (Å²) < 4.78 is 11.2. The van der Waals surface area contributed by atoms with Gasteiger partial charge >= 0.3 is 0 Å². The average molecular weight is 292 g/mol. The molecule has 118 valence electrons. The molecular weight excluding hydrogens is 264 g/mol. The van der Waals surface area contributed by atoms with E-state index in [1.807, 2.05) is 0 Å². The zero-order valence-electron chi connectivity index (χ0n) is 14.2. The minimum Gasteiger partial charge on any atom is -0.496 e. The van der Waals surface area contributed by atoms with Crippen LogP contribution in [0.1, 0.15) is 44.5 Å². The number of pyridine rings is 1. The highest BCUT2D eigenvalue weighted by atomic mass is 16.5. The molecule has 21 heavy (non-hydrogen) atoms. The predicted molar refractivity (Wildman–Crippen MR) is 85.5 cm³/mol. The fourth-order valence-electron chi connectivity index (χ4n) is 3.13. The number of methoxy groups -OCH3 is 2. The Bertz CT molecular complexity index is 506. The molecule has 0 aliphatic carbocycles. The van der Waals surface area contributed by atoms with E-state index in [0.717, 1.165) is 55.2 Å². The standard InChI is InChI=1S/C17H28N2O2/c1-7-12-15(20-5)13-8-10-19(17(2,3)4)11-9-14(13)18-16(12)21-6/h7-11H2,1-6H3. The van der Waals surface area contributed by atoms with Gasteiger partial charge in [-0.3, -0.25) is 4.90 Å². The molecule has 1 aliphatic rings. The van der Waals surface area contributed by atoms with E-state index < -0.39 is 0 Å². The molecule has 0 saturated heterocycles. The second-order valence-electron chi connectivity index (χ2n) is 6.57. The van der Waals surface area contributed by atoms with Gasteiger partial charge < -0.3 is 9.47 Å². The van der Waals surface area contributed by atoms with Crippen LogP contribution in [-0.2, 0) is 19.3 Å². The van der Waals surface area contributed by atoms with Crippen LogP contribution in [0.3, 0.4) is 0 Å². The van der Waals surface area contributed by atoms with Crippen LogP contribution in [0.5, 0.6) is 11.6 Å². The summed E-state index contributed by atoms with van der Waals surface area (Å²) in [5.74, 6) is 1.70. The molecule has 0 unspecified atom stereocenters. The van der Waals surface area contributed by atoms with E-state index in [9.17, 15) is 0 Å². The first-order valence-corrected chi connectivity index (χ1v) is 7.80. The number of aromatic nitrogens is 1. The molecule has 0 spiro atoms. The molecule has 0 N–H and O–H groups in total. The summed E-state index contributed by atoms with van der Waals surface area (Å²) in [6.07, 6.45) is 2.80. The Labute approximate surface area is 128 Å². The summed E-state index contributed by atoms with van der Waals surface area (Å²) in [6, 6.07) is 0. The lowest BCUT2D eigenvalue weighted by Gasteiger charge is -2.34. The maximum Gasteiger partial charge on any atom is 0.220 e. The van der Waals surface area contributed by atoms with Gasteiger partial charge in [-0.15, -0.1) is 0 Å². The zero-order valence-corrected chi connectivity index (χ0v) is 14.2. The van der Waals surface area contributed by atoms with Gasteiger partial charge in [0, 0.05) is 30.6 Å². The van der Waals surface area contributed by atoms with Crippen LogP contribution in [0.4, 0.5) is 0 Å². The smallest absolute Gasteiger partial charge is 0.220 e. The maximum absolute atomic E-state index is 5.72. The normalized spacial score (nSPS) is 16.3. The molecule has 4 heteroatoms. The number of nitrogens with zero attached hydrogens (tertiary/aromatic N) is 2. The first kappa shape index (κ1) is 16.1. The van der Waals surface area contributed by atoms with Gasteiger partial charge in [0.25, 0.3) is 0 Å². The van der Waals surface area contributed by atoms with Crippen LogP contribution in [0, 0.1) is 0 Å². The second kappa shape index (κ2) is 6.22. The highest BCUT2D eigenvalue weighted by molar-refractivity contribution is 5.49. The molecule has 1 aromatic rings. The molecular formula is C17H28N2O2. The van der Waals surface area contributed by atoms with Crippen molar-refractivity contribution in [1.82, 2.24) is 9.88 Å². The van der Waals surface area contributed by atoms with E-state index in [2.05, 4.69) is 32.6 Å². The number of fused-ring (bicyclic) bond motifs is 1. The zero-order chi connectivity index (χ0) is 15.6. The molecule has 2 rings (SSSR count). The van der Waals surface area contributed by atoms with Gasteiger partial charge in [-0.2, -0.15) is 0 Å². The molecule has 1 aliphatic heterocycles. The van der Waals surface area contributed by atoms with Gasteiger partial charge in [-0.1, -0.05) is 6.92 Å². The van der Waals surface area contributed by atoms with Crippen molar-refractivity contribution >= 4 is 0 Å². The number of hydrogen-bond donors (Lipinski definition) is 0. The molecule has 0 amide bonds. The van der Waals surface area contributed by atoms with Gasteiger partial charge in [-0.25, -0.2) is 4.98 Å². The second-order valence-corrected chi connectivity index (χ2v) is 6.57. The number of ether oxygens (including phenoxy) is 2. The Morgan fingerprint density at radius 1 is 1.10 bits per heavy atom. The third kappa shape index (κ3) is 3.15. The summed E-state index contributed by atoms with van der Waals surface area (Å²) in [6.45, 7) is 11.0. The maximum atomic E-state index is 5.72. The fraction of sp³-hybridized carbons (Fsp3) is 0.706. The van der Waals surface area contributed by atoms with Crippen LogP contribution in [0.25, 0.3) is 0 Å². The largest absolute Gasteiger partial charge is 0.496 e. The lowest BCUT2D eigenvalue weighted by molar-refractivity contribution is 0.143. The average Bonchev–Trinajstić information content (AvgIpc) is 2.66. The lowest BCUT2D eigenvalue weighted by atomic mass is 10.0. The van der Waals surface area contributed by atoms with E-state index in [-0.39, 0.29) is 5.54 Å². The number of rotatable bonds is 3. The minimum atomic E-state index is 0.187. The van der Waals surface area contributed by atoms with Crippen LogP contribution in [0.15, 0.2) is 0 Å². The quantitative estimate of drug-likeness (QED) is 0.858. The topological polar surface area (TPSA) is 34.6 Å². The van der Waals surface area contributed by atoms with Crippen LogP contribution < -0.4 is 9.47 Å². The highest BCUT2D eigenvalue weighted by Crippen LogP contribution is 2.35. The monoisotopic (exact) mass is 292 g/mol. The van der Waals surface area contributed by atoms with E-state index in [4.69, 9.17) is 14.5 Å². The third-order valence-electron chi connectivity index (χ3n) is 4.34.